The van der Waals surface area contributed by atoms with E-state index in [9.17, 15) is 4.79 Å². The predicted octanol–water partition coefficient (Wildman–Crippen LogP) is 3.43. The topological polar surface area (TPSA) is 17.1 Å². The Labute approximate surface area is 81.9 Å². The molecule has 1 aliphatic rings. The van der Waals surface area contributed by atoms with Crippen molar-refractivity contribution in [2.24, 2.45) is 17.8 Å². The molecule has 1 aliphatic carbocycles. The summed E-state index contributed by atoms with van der Waals surface area (Å²) in [6, 6.07) is 0. The molecule has 1 heteroatoms. The van der Waals surface area contributed by atoms with Crippen LogP contribution in [0.1, 0.15) is 52.9 Å². The molecule has 0 unspecified atom stereocenters. The minimum absolute atomic E-state index is 0.456. The minimum atomic E-state index is 0.456. The lowest BCUT2D eigenvalue weighted by Gasteiger charge is -2.22. The fourth-order valence-corrected chi connectivity index (χ4v) is 2.63. The largest absolute Gasteiger partial charge is 0.300 e. The van der Waals surface area contributed by atoms with Crippen LogP contribution in [-0.2, 0) is 4.79 Å². The van der Waals surface area contributed by atoms with Gasteiger partial charge < -0.3 is 0 Å². The maximum atomic E-state index is 11.3. The first-order valence-electron chi connectivity index (χ1n) is 5.66. The smallest absolute Gasteiger partial charge is 0.132 e. The normalized spacial score (nSPS) is 28.3. The van der Waals surface area contributed by atoms with Gasteiger partial charge in [-0.3, -0.25) is 4.79 Å². The zero-order valence-electron chi connectivity index (χ0n) is 9.18. The first-order valence-corrected chi connectivity index (χ1v) is 5.66. The molecule has 13 heavy (non-hydrogen) atoms. The van der Waals surface area contributed by atoms with Gasteiger partial charge in [-0.2, -0.15) is 0 Å². The van der Waals surface area contributed by atoms with Crippen LogP contribution in [0.5, 0.6) is 0 Å². The molecule has 0 amide bonds. The molecule has 2 atom stereocenters. The Morgan fingerprint density at radius 3 is 2.62 bits per heavy atom. The molecule has 0 saturated heterocycles. The average molecular weight is 182 g/mol. The van der Waals surface area contributed by atoms with Crippen LogP contribution in [0.15, 0.2) is 0 Å². The Morgan fingerprint density at radius 2 is 2.08 bits per heavy atom. The molecule has 0 spiro atoms. The summed E-state index contributed by atoms with van der Waals surface area (Å²) in [6.07, 6.45) is 5.54. The lowest BCUT2D eigenvalue weighted by atomic mass is 9.83. The third kappa shape index (κ3) is 2.82. The fraction of sp³-hybridized carbons (Fsp3) is 0.917. The molecule has 0 aromatic carbocycles. The van der Waals surface area contributed by atoms with Gasteiger partial charge in [-0.25, -0.2) is 0 Å². The lowest BCUT2D eigenvalue weighted by molar-refractivity contribution is -0.120. The van der Waals surface area contributed by atoms with Crippen molar-refractivity contribution in [3.8, 4) is 0 Å². The van der Waals surface area contributed by atoms with Gasteiger partial charge in [0.05, 0.1) is 0 Å². The van der Waals surface area contributed by atoms with Crippen molar-refractivity contribution in [3.63, 3.8) is 0 Å². The standard InChI is InChI=1S/C12H22O/c1-4-11(13)8-10-6-5-7-12(10)9(2)3/h9-10,12H,4-8H2,1-3H3/t10-,12+/m0/s1. The molecule has 0 heterocycles. The zero-order chi connectivity index (χ0) is 9.84. The van der Waals surface area contributed by atoms with Crippen molar-refractivity contribution in [1.82, 2.24) is 0 Å². The van der Waals surface area contributed by atoms with Gasteiger partial charge in [0.2, 0.25) is 0 Å². The molecule has 1 saturated carbocycles. The van der Waals surface area contributed by atoms with Crippen molar-refractivity contribution in [3.05, 3.63) is 0 Å². The van der Waals surface area contributed by atoms with E-state index in [0.29, 0.717) is 11.7 Å². The van der Waals surface area contributed by atoms with E-state index in [1.54, 1.807) is 0 Å². The Kier molecular flexibility index (Phi) is 3.95. The van der Waals surface area contributed by atoms with Crippen LogP contribution >= 0.6 is 0 Å². The number of hydrogen-bond donors (Lipinski definition) is 0. The number of Topliss-reactive ketones (excluding diaryl/α,β-unsaturated/α-hetero) is 1. The summed E-state index contributed by atoms with van der Waals surface area (Å²) in [4.78, 5) is 11.3. The molecule has 0 N–H and O–H groups in total. The Balaban J connectivity index is 2.44. The summed E-state index contributed by atoms with van der Waals surface area (Å²) < 4.78 is 0. The Bertz CT molecular complexity index is 172. The Hall–Kier alpha value is -0.330. The summed E-state index contributed by atoms with van der Waals surface area (Å²) in [5.41, 5.74) is 0. The second-order valence-electron chi connectivity index (χ2n) is 4.70. The molecular weight excluding hydrogens is 160 g/mol. The maximum Gasteiger partial charge on any atom is 0.132 e. The van der Waals surface area contributed by atoms with E-state index in [1.807, 2.05) is 6.92 Å². The number of carbonyl (C=O) groups excluding carboxylic acids is 1. The third-order valence-corrected chi connectivity index (χ3v) is 3.46. The van der Waals surface area contributed by atoms with Gasteiger partial charge in [0.25, 0.3) is 0 Å². The third-order valence-electron chi connectivity index (χ3n) is 3.46. The van der Waals surface area contributed by atoms with Crippen molar-refractivity contribution >= 4 is 5.78 Å². The summed E-state index contributed by atoms with van der Waals surface area (Å²) in [7, 11) is 0. The number of ketones is 1. The van der Waals surface area contributed by atoms with E-state index < -0.39 is 0 Å². The molecule has 0 aromatic heterocycles. The van der Waals surface area contributed by atoms with Crippen LogP contribution in [-0.4, -0.2) is 5.78 Å². The van der Waals surface area contributed by atoms with Gasteiger partial charge in [-0.15, -0.1) is 0 Å². The number of rotatable bonds is 4. The first-order chi connectivity index (χ1) is 6.15. The number of hydrogen-bond acceptors (Lipinski definition) is 1. The lowest BCUT2D eigenvalue weighted by Crippen LogP contribution is -2.17. The van der Waals surface area contributed by atoms with Crippen LogP contribution < -0.4 is 0 Å². The van der Waals surface area contributed by atoms with E-state index in [4.69, 9.17) is 0 Å². The highest BCUT2D eigenvalue weighted by Gasteiger charge is 2.30. The monoisotopic (exact) mass is 182 g/mol. The van der Waals surface area contributed by atoms with Crippen molar-refractivity contribution in [1.29, 1.82) is 0 Å². The van der Waals surface area contributed by atoms with E-state index in [0.717, 1.165) is 24.7 Å². The fourth-order valence-electron chi connectivity index (χ4n) is 2.63. The van der Waals surface area contributed by atoms with Gasteiger partial charge in [-0.1, -0.05) is 27.2 Å². The predicted molar refractivity (Wildman–Crippen MR) is 55.6 cm³/mol. The van der Waals surface area contributed by atoms with Gasteiger partial charge in [-0.05, 0) is 30.6 Å². The molecule has 1 nitrogen and oxygen atoms in total. The van der Waals surface area contributed by atoms with Crippen molar-refractivity contribution in [2.75, 3.05) is 0 Å². The van der Waals surface area contributed by atoms with Crippen LogP contribution in [0.2, 0.25) is 0 Å². The first kappa shape index (κ1) is 10.7. The average Bonchev–Trinajstić information content (AvgIpc) is 2.52. The van der Waals surface area contributed by atoms with Gasteiger partial charge in [0.1, 0.15) is 5.78 Å². The zero-order valence-corrected chi connectivity index (χ0v) is 9.18. The van der Waals surface area contributed by atoms with Crippen LogP contribution in [0.4, 0.5) is 0 Å². The van der Waals surface area contributed by atoms with Crippen LogP contribution in [0.3, 0.4) is 0 Å². The number of carbonyl (C=O) groups is 1. The summed E-state index contributed by atoms with van der Waals surface area (Å²) >= 11 is 0. The molecule has 0 bridgehead atoms. The minimum Gasteiger partial charge on any atom is -0.300 e. The van der Waals surface area contributed by atoms with Gasteiger partial charge >= 0.3 is 0 Å². The van der Waals surface area contributed by atoms with Crippen molar-refractivity contribution < 1.29 is 4.79 Å². The molecule has 0 radical (unpaired) electrons. The van der Waals surface area contributed by atoms with E-state index in [2.05, 4.69) is 13.8 Å². The molecule has 1 rings (SSSR count). The molecule has 0 aliphatic heterocycles. The van der Waals surface area contributed by atoms with Crippen molar-refractivity contribution in [2.45, 2.75) is 52.9 Å². The second kappa shape index (κ2) is 4.78. The van der Waals surface area contributed by atoms with Crippen LogP contribution in [0, 0.1) is 17.8 Å². The van der Waals surface area contributed by atoms with Gasteiger partial charge in [0, 0.05) is 12.8 Å². The summed E-state index contributed by atoms with van der Waals surface area (Å²) in [5.74, 6) is 2.73. The highest BCUT2D eigenvalue weighted by atomic mass is 16.1. The highest BCUT2D eigenvalue weighted by Crippen LogP contribution is 2.38. The van der Waals surface area contributed by atoms with E-state index in [1.165, 1.54) is 19.3 Å². The molecule has 1 fully saturated rings. The summed E-state index contributed by atoms with van der Waals surface area (Å²) in [5, 5.41) is 0. The quantitative estimate of drug-likeness (QED) is 0.651. The second-order valence-corrected chi connectivity index (χ2v) is 4.70. The maximum absolute atomic E-state index is 11.3. The molecular formula is C12H22O. The van der Waals surface area contributed by atoms with Crippen LogP contribution in [0.25, 0.3) is 0 Å². The SMILES string of the molecule is CCC(=O)C[C@@H]1CCC[C@@H]1C(C)C. The molecule has 0 aromatic rings. The summed E-state index contributed by atoms with van der Waals surface area (Å²) in [6.45, 7) is 6.56. The van der Waals surface area contributed by atoms with E-state index in [-0.39, 0.29) is 0 Å². The van der Waals surface area contributed by atoms with Gasteiger partial charge in [0.15, 0.2) is 0 Å². The molecule has 76 valence electrons. The Morgan fingerprint density at radius 1 is 1.38 bits per heavy atom. The highest BCUT2D eigenvalue weighted by molar-refractivity contribution is 5.78. The van der Waals surface area contributed by atoms with E-state index >= 15 is 0 Å².